The molecule has 1 aliphatic heterocycles. The Bertz CT molecular complexity index is 509. The van der Waals surface area contributed by atoms with Crippen LogP contribution in [0.3, 0.4) is 0 Å². The van der Waals surface area contributed by atoms with Crippen LogP contribution in [0.1, 0.15) is 12.8 Å². The monoisotopic (exact) mass is 360 g/mol. The first-order valence-electron chi connectivity index (χ1n) is 5.55. The van der Waals surface area contributed by atoms with Crippen molar-refractivity contribution in [2.45, 2.75) is 36.8 Å². The largest absolute Gasteiger partial charge is 0.455 e. The number of hydrogen-bond donors (Lipinski definition) is 0. The van der Waals surface area contributed by atoms with Crippen LogP contribution in [0.4, 0.5) is 14.4 Å². The molecule has 1 heterocycles. The van der Waals surface area contributed by atoms with Gasteiger partial charge in [0.25, 0.3) is 0 Å². The summed E-state index contributed by atoms with van der Waals surface area (Å²) in [5, 5.41) is 0. The van der Waals surface area contributed by atoms with Gasteiger partial charge in [0.1, 0.15) is 12.2 Å². The highest BCUT2D eigenvalue weighted by Crippen LogP contribution is 2.43. The number of fused-ring (bicyclic) bond motifs is 2. The van der Waals surface area contributed by atoms with Crippen LogP contribution in [0.25, 0.3) is 0 Å². The Morgan fingerprint density at radius 1 is 1.05 bits per heavy atom. The minimum absolute atomic E-state index is 0.116. The predicted octanol–water partition coefficient (Wildman–Crippen LogP) is 2.31. The van der Waals surface area contributed by atoms with Crippen LogP contribution in [0, 0.1) is 0 Å². The first kappa shape index (κ1) is 16.1. The van der Waals surface area contributed by atoms with Gasteiger partial charge in [0, 0.05) is 47.6 Å². The van der Waals surface area contributed by atoms with Gasteiger partial charge >= 0.3 is 22.3 Å². The quantitative estimate of drug-likeness (QED) is 0.428. The molecular formula is C10H7Cl3O8. The Morgan fingerprint density at radius 3 is 2.19 bits per heavy atom. The molecule has 4 atom stereocenters. The number of halogens is 3. The first-order chi connectivity index (χ1) is 9.73. The molecule has 1 saturated carbocycles. The van der Waals surface area contributed by atoms with E-state index >= 15 is 0 Å². The van der Waals surface area contributed by atoms with Crippen molar-refractivity contribution in [3.05, 3.63) is 0 Å². The van der Waals surface area contributed by atoms with Gasteiger partial charge in [-0.15, -0.1) is 0 Å². The van der Waals surface area contributed by atoms with Crippen LogP contribution in [0.2, 0.25) is 0 Å². The zero-order chi connectivity index (χ0) is 15.8. The Balaban J connectivity index is 2.28. The third kappa shape index (κ3) is 3.33. The van der Waals surface area contributed by atoms with E-state index in [-0.39, 0.29) is 12.8 Å². The lowest BCUT2D eigenvalue weighted by molar-refractivity contribution is -0.154. The maximum absolute atomic E-state index is 11.9. The SMILES string of the molecule is O=C(Cl)OC1CC2(OC(=O)Cl)CC(OC2=O)C1OC(=O)Cl. The van der Waals surface area contributed by atoms with Crippen molar-refractivity contribution in [2.75, 3.05) is 0 Å². The zero-order valence-electron chi connectivity index (χ0n) is 10.0. The third-order valence-corrected chi connectivity index (χ3v) is 3.43. The van der Waals surface area contributed by atoms with Gasteiger partial charge < -0.3 is 18.9 Å². The fraction of sp³-hybridized carbons (Fsp3) is 0.600. The summed E-state index contributed by atoms with van der Waals surface area (Å²) < 4.78 is 19.3. The number of hydrogen-bond acceptors (Lipinski definition) is 8. The van der Waals surface area contributed by atoms with E-state index in [0.29, 0.717) is 0 Å². The average Bonchev–Trinajstić information content (AvgIpc) is 2.56. The molecule has 2 bridgehead atoms. The molecule has 8 nitrogen and oxygen atoms in total. The van der Waals surface area contributed by atoms with Crippen LogP contribution in [0.5, 0.6) is 0 Å². The average molecular weight is 362 g/mol. The second-order valence-corrected chi connectivity index (χ2v) is 5.33. The maximum atomic E-state index is 11.9. The van der Waals surface area contributed by atoms with Crippen molar-refractivity contribution >= 4 is 57.1 Å². The topological polar surface area (TPSA) is 105 Å². The van der Waals surface area contributed by atoms with Gasteiger partial charge in [-0.25, -0.2) is 19.2 Å². The number of carbonyl (C=O) groups is 4. The number of esters is 1. The first-order valence-corrected chi connectivity index (χ1v) is 6.69. The molecule has 0 spiro atoms. The van der Waals surface area contributed by atoms with Gasteiger partial charge in [0.15, 0.2) is 6.10 Å². The molecule has 2 fully saturated rings. The number of ether oxygens (including phenoxy) is 4. The van der Waals surface area contributed by atoms with Crippen LogP contribution in [0.15, 0.2) is 0 Å². The van der Waals surface area contributed by atoms with Crippen molar-refractivity contribution < 1.29 is 38.1 Å². The van der Waals surface area contributed by atoms with Gasteiger partial charge in [-0.05, 0) is 0 Å². The number of rotatable bonds is 3. The van der Waals surface area contributed by atoms with Gasteiger partial charge in [0.05, 0.1) is 0 Å². The van der Waals surface area contributed by atoms with E-state index in [9.17, 15) is 19.2 Å². The Kier molecular flexibility index (Phi) is 4.50. The molecular weight excluding hydrogens is 354 g/mol. The molecule has 0 N–H and O–H groups in total. The summed E-state index contributed by atoms with van der Waals surface area (Å²) in [5.74, 6) is -0.884. The van der Waals surface area contributed by atoms with E-state index in [1.165, 1.54) is 0 Å². The van der Waals surface area contributed by atoms with Crippen molar-refractivity contribution in [1.82, 2.24) is 0 Å². The summed E-state index contributed by atoms with van der Waals surface area (Å²) in [7, 11) is 0. The lowest BCUT2D eigenvalue weighted by Crippen LogP contribution is -2.52. The molecule has 2 aliphatic rings. The second-order valence-electron chi connectivity index (χ2n) is 4.40. The molecule has 0 aromatic heterocycles. The smallest absolute Gasteiger partial charge is 0.404 e. The molecule has 4 unspecified atom stereocenters. The summed E-state index contributed by atoms with van der Waals surface area (Å²) in [6.45, 7) is 0. The summed E-state index contributed by atoms with van der Waals surface area (Å²) in [6, 6.07) is 0. The highest BCUT2D eigenvalue weighted by atomic mass is 35.5. The van der Waals surface area contributed by atoms with Crippen LogP contribution in [-0.2, 0) is 23.7 Å². The lowest BCUT2D eigenvalue weighted by atomic mass is 9.82. The molecule has 116 valence electrons. The summed E-state index contributed by atoms with van der Waals surface area (Å²) in [6.07, 6.45) is -3.79. The maximum Gasteiger partial charge on any atom is 0.404 e. The van der Waals surface area contributed by atoms with E-state index < -0.39 is 46.2 Å². The minimum atomic E-state index is -1.71. The van der Waals surface area contributed by atoms with E-state index in [2.05, 4.69) is 0 Å². The summed E-state index contributed by atoms with van der Waals surface area (Å²) in [5.41, 5.74) is -5.32. The highest BCUT2D eigenvalue weighted by Gasteiger charge is 2.63. The summed E-state index contributed by atoms with van der Waals surface area (Å²) in [4.78, 5) is 44.6. The van der Waals surface area contributed by atoms with E-state index in [0.717, 1.165) is 0 Å². The summed E-state index contributed by atoms with van der Waals surface area (Å²) >= 11 is 15.4. The van der Waals surface area contributed by atoms with Crippen LogP contribution in [-0.4, -0.2) is 46.2 Å². The minimum Gasteiger partial charge on any atom is -0.455 e. The lowest BCUT2D eigenvalue weighted by Gasteiger charge is -2.36. The molecule has 2 rings (SSSR count). The molecule has 0 aromatic carbocycles. The Morgan fingerprint density at radius 2 is 1.67 bits per heavy atom. The zero-order valence-corrected chi connectivity index (χ0v) is 12.3. The van der Waals surface area contributed by atoms with Crippen LogP contribution < -0.4 is 0 Å². The van der Waals surface area contributed by atoms with E-state index in [1.54, 1.807) is 0 Å². The van der Waals surface area contributed by atoms with Crippen molar-refractivity contribution in [3.63, 3.8) is 0 Å². The van der Waals surface area contributed by atoms with Gasteiger partial charge in [0.2, 0.25) is 5.60 Å². The normalized spacial score (nSPS) is 33.9. The van der Waals surface area contributed by atoms with Gasteiger partial charge in [-0.2, -0.15) is 0 Å². The van der Waals surface area contributed by atoms with Crippen molar-refractivity contribution in [2.24, 2.45) is 0 Å². The highest BCUT2D eigenvalue weighted by molar-refractivity contribution is 6.61. The standard InChI is InChI=1S/C10H7Cl3O8/c11-7(15)19-4-2-10(21-9(13)17)1-3(18-6(10)14)5(4)20-8(12)16/h3-5H,1-2H2. The van der Waals surface area contributed by atoms with Crippen LogP contribution >= 0.6 is 34.8 Å². The molecule has 0 radical (unpaired) electrons. The molecule has 0 amide bonds. The fourth-order valence-corrected chi connectivity index (χ4v) is 2.86. The van der Waals surface area contributed by atoms with Crippen molar-refractivity contribution in [3.8, 4) is 0 Å². The van der Waals surface area contributed by atoms with E-state index in [1.807, 2.05) is 0 Å². The number of carbonyl (C=O) groups excluding carboxylic acids is 4. The molecule has 11 heteroatoms. The molecule has 1 saturated heterocycles. The Hall–Kier alpha value is -1.25. The molecule has 1 aliphatic carbocycles. The Labute approximate surface area is 132 Å². The molecule has 0 aromatic rings. The van der Waals surface area contributed by atoms with Gasteiger partial charge in [-0.3, -0.25) is 0 Å². The van der Waals surface area contributed by atoms with Crippen molar-refractivity contribution in [1.29, 1.82) is 0 Å². The van der Waals surface area contributed by atoms with Gasteiger partial charge in [-0.1, -0.05) is 0 Å². The second kappa shape index (κ2) is 5.86. The predicted molar refractivity (Wildman–Crippen MR) is 66.4 cm³/mol. The third-order valence-electron chi connectivity index (χ3n) is 3.17. The van der Waals surface area contributed by atoms with E-state index in [4.69, 9.17) is 53.8 Å². The molecule has 21 heavy (non-hydrogen) atoms. The fourth-order valence-electron chi connectivity index (χ4n) is 2.49.